The van der Waals surface area contributed by atoms with Gasteiger partial charge in [-0.3, -0.25) is 0 Å². The fraction of sp³-hybridized carbons (Fsp3) is 0.865. The van der Waals surface area contributed by atoms with Gasteiger partial charge in [-0.15, -0.1) is 0 Å². The van der Waals surface area contributed by atoms with Crippen LogP contribution in [0.3, 0.4) is 0 Å². The SMILES string of the molecule is CC1CNC2=C1CCCC2.CCCC(CC)COC(=O)NC(CC1CCC(O)CC1)P(O)(CC1(CNC(=O)O)CCCC1)=C1CC1.CN. The van der Waals surface area contributed by atoms with E-state index in [-0.39, 0.29) is 17.3 Å². The molecule has 1 aliphatic heterocycles. The van der Waals surface area contributed by atoms with E-state index in [1.807, 2.05) is 0 Å². The lowest BCUT2D eigenvalue weighted by atomic mass is 9.85. The minimum Gasteiger partial charge on any atom is -0.465 e. The molecule has 0 bridgehead atoms. The number of carbonyl (C=O) groups is 2. The smallest absolute Gasteiger partial charge is 0.407 e. The minimum absolute atomic E-state index is 0.252. The summed E-state index contributed by atoms with van der Waals surface area (Å²) >= 11 is 0. The molecule has 4 atom stereocenters. The number of ether oxygens (including phenoxy) is 1. The minimum atomic E-state index is -2.71. The summed E-state index contributed by atoms with van der Waals surface area (Å²) in [5.74, 6) is 1.13. The van der Waals surface area contributed by atoms with Crippen molar-refractivity contribution in [1.29, 1.82) is 0 Å². The van der Waals surface area contributed by atoms with Gasteiger partial charge in [-0.05, 0) is 137 Å². The highest BCUT2D eigenvalue weighted by molar-refractivity contribution is 7.72. The monoisotopic (exact) mass is 696 g/mol. The van der Waals surface area contributed by atoms with Crippen molar-refractivity contribution in [3.63, 3.8) is 0 Å². The van der Waals surface area contributed by atoms with Crippen molar-refractivity contribution in [2.75, 3.05) is 32.9 Å². The van der Waals surface area contributed by atoms with Gasteiger partial charge in [0.15, 0.2) is 0 Å². The first-order valence-corrected chi connectivity index (χ1v) is 21.1. The molecular weight excluding hydrogens is 627 g/mol. The largest absolute Gasteiger partial charge is 0.465 e. The number of rotatable bonds is 13. The molecule has 5 aliphatic rings. The van der Waals surface area contributed by atoms with Crippen LogP contribution >= 0.6 is 7.11 Å². The van der Waals surface area contributed by atoms with Gasteiger partial charge < -0.3 is 41.5 Å². The second-order valence-corrected chi connectivity index (χ2v) is 18.4. The van der Waals surface area contributed by atoms with E-state index in [2.05, 4.69) is 42.5 Å². The number of hydrogen-bond acceptors (Lipinski definition) is 7. The molecule has 3 saturated carbocycles. The van der Waals surface area contributed by atoms with Crippen LogP contribution in [0.4, 0.5) is 9.59 Å². The Morgan fingerprint density at radius 2 is 1.71 bits per heavy atom. The van der Waals surface area contributed by atoms with E-state index in [0.717, 1.165) is 89.4 Å². The van der Waals surface area contributed by atoms with Gasteiger partial charge in [-0.1, -0.05) is 46.5 Å². The third-order valence-corrected chi connectivity index (χ3v) is 15.6. The molecule has 4 aliphatic carbocycles. The van der Waals surface area contributed by atoms with Crippen LogP contribution in [-0.2, 0) is 4.74 Å². The lowest BCUT2D eigenvalue weighted by Crippen LogP contribution is -2.43. The van der Waals surface area contributed by atoms with E-state index in [4.69, 9.17) is 4.74 Å². The fourth-order valence-electron chi connectivity index (χ4n) is 8.47. The summed E-state index contributed by atoms with van der Waals surface area (Å²) < 4.78 is 5.67. The molecule has 5 rings (SSSR count). The first kappa shape index (κ1) is 40.7. The number of carbonyl (C=O) groups excluding carboxylic acids is 1. The van der Waals surface area contributed by atoms with E-state index in [0.29, 0.717) is 37.6 Å². The average molecular weight is 697 g/mol. The Hall–Kier alpha value is -1.74. The second kappa shape index (κ2) is 20.2. The number of aliphatic hydroxyl groups excluding tert-OH is 1. The maximum Gasteiger partial charge on any atom is 0.407 e. The lowest BCUT2D eigenvalue weighted by Gasteiger charge is -2.40. The Balaban J connectivity index is 0.000000435. The van der Waals surface area contributed by atoms with Crippen molar-refractivity contribution in [1.82, 2.24) is 16.0 Å². The zero-order valence-electron chi connectivity index (χ0n) is 30.5. The van der Waals surface area contributed by atoms with E-state index in [1.165, 1.54) is 44.6 Å². The third kappa shape index (κ3) is 12.2. The van der Waals surface area contributed by atoms with Gasteiger partial charge in [0.05, 0.1) is 18.5 Å². The number of aliphatic hydroxyl groups is 1. The van der Waals surface area contributed by atoms with Crippen molar-refractivity contribution >= 4 is 24.6 Å². The topological polar surface area (TPSA) is 166 Å². The molecule has 48 heavy (non-hydrogen) atoms. The Kier molecular flexibility index (Phi) is 17.1. The number of hydrogen-bond donors (Lipinski definition) is 7. The van der Waals surface area contributed by atoms with Gasteiger partial charge in [0, 0.05) is 25.9 Å². The molecule has 0 saturated heterocycles. The van der Waals surface area contributed by atoms with Crippen molar-refractivity contribution in [2.45, 2.75) is 148 Å². The van der Waals surface area contributed by atoms with Gasteiger partial charge in [0.25, 0.3) is 0 Å². The van der Waals surface area contributed by atoms with Gasteiger partial charge in [-0.25, -0.2) is 9.59 Å². The molecule has 0 aromatic rings. The zero-order valence-corrected chi connectivity index (χ0v) is 31.4. The Morgan fingerprint density at radius 3 is 2.29 bits per heavy atom. The van der Waals surface area contributed by atoms with Crippen LogP contribution in [0.25, 0.3) is 0 Å². The van der Waals surface area contributed by atoms with Crippen LogP contribution in [0.5, 0.6) is 0 Å². The average Bonchev–Trinajstić information content (AvgIpc) is 3.76. The van der Waals surface area contributed by atoms with Crippen LogP contribution in [0.1, 0.15) is 136 Å². The van der Waals surface area contributed by atoms with E-state index < -0.39 is 19.3 Å². The molecule has 10 nitrogen and oxygen atoms in total. The summed E-state index contributed by atoms with van der Waals surface area (Å²) in [5, 5.41) is 29.7. The van der Waals surface area contributed by atoms with Gasteiger partial charge in [0.2, 0.25) is 0 Å². The Bertz CT molecular complexity index is 1090. The zero-order chi connectivity index (χ0) is 35.2. The number of carboxylic acid groups (broad SMARTS) is 1. The second-order valence-electron chi connectivity index (χ2n) is 15.1. The van der Waals surface area contributed by atoms with Crippen LogP contribution in [0.15, 0.2) is 11.3 Å². The van der Waals surface area contributed by atoms with Crippen LogP contribution in [0, 0.1) is 23.2 Å². The van der Waals surface area contributed by atoms with E-state index in [9.17, 15) is 24.7 Å². The third-order valence-electron chi connectivity index (χ3n) is 11.5. The Labute approximate surface area is 290 Å². The predicted molar refractivity (Wildman–Crippen MR) is 197 cm³/mol. The summed E-state index contributed by atoms with van der Waals surface area (Å²) in [4.78, 5) is 36.8. The predicted octanol–water partition coefficient (Wildman–Crippen LogP) is 7.15. The fourth-order valence-corrected chi connectivity index (χ4v) is 12.7. The number of alkyl carbamates (subject to hydrolysis) is 1. The number of allylic oxidation sites excluding steroid dienone is 1. The highest BCUT2D eigenvalue weighted by Gasteiger charge is 2.45. The molecule has 278 valence electrons. The molecule has 0 radical (unpaired) electrons. The van der Waals surface area contributed by atoms with Gasteiger partial charge >= 0.3 is 12.2 Å². The molecule has 0 aromatic carbocycles. The summed E-state index contributed by atoms with van der Waals surface area (Å²) in [5.41, 5.74) is 7.54. The van der Waals surface area contributed by atoms with Gasteiger partial charge in [-0.2, -0.15) is 0 Å². The summed E-state index contributed by atoms with van der Waals surface area (Å²) in [6.07, 6.45) is 17.0. The number of amides is 2. The van der Waals surface area contributed by atoms with Crippen molar-refractivity contribution in [3.8, 4) is 0 Å². The molecule has 0 spiro atoms. The maximum atomic E-state index is 13.0. The van der Waals surface area contributed by atoms with E-state index >= 15 is 0 Å². The quantitative estimate of drug-likeness (QED) is 0.0997. The summed E-state index contributed by atoms with van der Waals surface area (Å²) in [6, 6.07) is 0. The molecule has 8 N–H and O–H groups in total. The normalized spacial score (nSPS) is 26.6. The molecule has 1 heterocycles. The van der Waals surface area contributed by atoms with Crippen molar-refractivity contribution in [3.05, 3.63) is 11.3 Å². The first-order valence-electron chi connectivity index (χ1n) is 19.1. The molecule has 2 amide bonds. The highest BCUT2D eigenvalue weighted by Crippen LogP contribution is 2.61. The summed E-state index contributed by atoms with van der Waals surface area (Å²) in [6.45, 7) is 8.52. The molecule has 0 aromatic heterocycles. The maximum absolute atomic E-state index is 13.0. The van der Waals surface area contributed by atoms with Crippen LogP contribution in [0.2, 0.25) is 0 Å². The standard InChI is InChI=1S/C27H49N2O6P.C9H15N.CH5N/c1-3-7-20(4-2)17-35-26(33)29-24(16-21-8-10-22(30)11-9-21)36(34,23-12-13-23)19-27(14-5-6-15-27)18-28-25(31)32;1-7-6-10-9-5-3-2-4-8(7)9;1-2/h20-22,24,28,30,34H,3-19H2,1-2H3,(H,29,33)(H,31,32);7,10H,2-6H2,1H3;2H2,1H3. The number of nitrogens with one attached hydrogen (secondary N) is 3. The summed E-state index contributed by atoms with van der Waals surface area (Å²) in [7, 11) is -1.21. The molecular formula is C37H69N4O6P. The molecule has 4 unspecified atom stereocenters. The van der Waals surface area contributed by atoms with Crippen molar-refractivity contribution in [2.24, 2.45) is 28.9 Å². The van der Waals surface area contributed by atoms with Crippen LogP contribution in [-0.4, -0.2) is 77.4 Å². The molecule has 11 heteroatoms. The molecule has 3 fully saturated rings. The number of nitrogens with two attached hydrogens (primary N) is 1. The van der Waals surface area contributed by atoms with Crippen LogP contribution < -0.4 is 21.7 Å². The Morgan fingerprint density at radius 1 is 1.04 bits per heavy atom. The van der Waals surface area contributed by atoms with Crippen molar-refractivity contribution < 1.29 is 29.4 Å². The first-order chi connectivity index (χ1) is 23.1. The van der Waals surface area contributed by atoms with E-state index in [1.54, 1.807) is 11.3 Å². The van der Waals surface area contributed by atoms with Gasteiger partial charge in [0.1, 0.15) is 0 Å². The highest BCUT2D eigenvalue weighted by atomic mass is 31.2. The lowest BCUT2D eigenvalue weighted by molar-refractivity contribution is 0.102.